The summed E-state index contributed by atoms with van der Waals surface area (Å²) in [4.78, 5) is 4.16. The molecule has 1 aromatic heterocycles. The van der Waals surface area contributed by atoms with Crippen LogP contribution in [0.2, 0.25) is 5.02 Å². The molecule has 1 aliphatic heterocycles. The van der Waals surface area contributed by atoms with Gasteiger partial charge in [0.2, 0.25) is 0 Å². The molecular formula is C9H11BrClN3. The van der Waals surface area contributed by atoms with Crippen molar-refractivity contribution in [1.29, 1.82) is 0 Å². The number of pyridine rings is 1. The molecule has 1 aliphatic rings. The highest BCUT2D eigenvalue weighted by Crippen LogP contribution is 2.31. The third kappa shape index (κ3) is 1.93. The van der Waals surface area contributed by atoms with Crippen LogP contribution in [0.1, 0.15) is 24.4 Å². The van der Waals surface area contributed by atoms with Gasteiger partial charge in [0.1, 0.15) is 4.60 Å². The summed E-state index contributed by atoms with van der Waals surface area (Å²) in [6.45, 7) is 0.943. The number of hydrazine groups is 1. The van der Waals surface area contributed by atoms with Gasteiger partial charge >= 0.3 is 0 Å². The van der Waals surface area contributed by atoms with Crippen molar-refractivity contribution in [2.24, 2.45) is 5.84 Å². The quantitative estimate of drug-likeness (QED) is 0.633. The number of aromatic nitrogens is 1. The van der Waals surface area contributed by atoms with Gasteiger partial charge in [-0.25, -0.2) is 9.99 Å². The van der Waals surface area contributed by atoms with Crippen LogP contribution in [-0.4, -0.2) is 16.5 Å². The zero-order valence-corrected chi connectivity index (χ0v) is 9.92. The van der Waals surface area contributed by atoms with E-state index >= 15 is 0 Å². The first-order chi connectivity index (χ1) is 6.68. The molecule has 0 amide bonds. The Balaban J connectivity index is 2.28. The number of rotatable bonds is 1. The van der Waals surface area contributed by atoms with Gasteiger partial charge in [-0.2, -0.15) is 0 Å². The van der Waals surface area contributed by atoms with Crippen molar-refractivity contribution in [3.05, 3.63) is 27.5 Å². The first-order valence-electron chi connectivity index (χ1n) is 4.51. The molecule has 0 radical (unpaired) electrons. The van der Waals surface area contributed by atoms with Gasteiger partial charge in [0, 0.05) is 12.7 Å². The van der Waals surface area contributed by atoms with E-state index in [1.807, 2.05) is 17.3 Å². The summed E-state index contributed by atoms with van der Waals surface area (Å²) >= 11 is 9.24. The monoisotopic (exact) mass is 275 g/mol. The fourth-order valence-electron chi connectivity index (χ4n) is 1.77. The summed E-state index contributed by atoms with van der Waals surface area (Å²) in [5.74, 6) is 5.85. The number of halogens is 2. The minimum Gasteiger partial charge on any atom is -0.268 e. The average molecular weight is 277 g/mol. The van der Waals surface area contributed by atoms with E-state index in [2.05, 4.69) is 20.9 Å². The fraction of sp³-hybridized carbons (Fsp3) is 0.444. The Morgan fingerprint density at radius 1 is 1.64 bits per heavy atom. The Hall–Kier alpha value is -0.160. The normalized spacial score (nSPS) is 22.9. The molecular weight excluding hydrogens is 265 g/mol. The van der Waals surface area contributed by atoms with Gasteiger partial charge < -0.3 is 0 Å². The molecule has 3 nitrogen and oxygen atoms in total. The standard InChI is InChI=1S/C9H11BrClN3/c10-9-7(11)4-6(5-13-9)8-2-1-3-14(8)12/h4-5,8H,1-3,12H2/t8-/m1/s1. The van der Waals surface area contributed by atoms with Crippen molar-refractivity contribution >= 4 is 27.5 Å². The summed E-state index contributed by atoms with van der Waals surface area (Å²) in [6.07, 6.45) is 4.04. The molecule has 0 aromatic carbocycles. The summed E-state index contributed by atoms with van der Waals surface area (Å²) in [5.41, 5.74) is 1.10. The first-order valence-corrected chi connectivity index (χ1v) is 5.68. The van der Waals surface area contributed by atoms with E-state index in [9.17, 15) is 0 Å². The second kappa shape index (κ2) is 4.14. The van der Waals surface area contributed by atoms with Crippen LogP contribution in [0.15, 0.2) is 16.9 Å². The second-order valence-corrected chi connectivity index (χ2v) is 4.60. The largest absolute Gasteiger partial charge is 0.268 e. The molecule has 5 heteroatoms. The lowest BCUT2D eigenvalue weighted by atomic mass is 10.1. The van der Waals surface area contributed by atoms with Crippen molar-refractivity contribution < 1.29 is 0 Å². The Morgan fingerprint density at radius 2 is 2.43 bits per heavy atom. The van der Waals surface area contributed by atoms with Crippen LogP contribution in [0.25, 0.3) is 0 Å². The molecule has 2 rings (SSSR count). The van der Waals surface area contributed by atoms with Crippen LogP contribution < -0.4 is 5.84 Å². The lowest BCUT2D eigenvalue weighted by molar-refractivity contribution is 0.265. The van der Waals surface area contributed by atoms with Crippen LogP contribution >= 0.6 is 27.5 Å². The number of hydrogen-bond acceptors (Lipinski definition) is 3. The highest BCUT2D eigenvalue weighted by atomic mass is 79.9. The average Bonchev–Trinajstić information content (AvgIpc) is 2.57. The van der Waals surface area contributed by atoms with Gasteiger partial charge in [0.25, 0.3) is 0 Å². The fourth-order valence-corrected chi connectivity index (χ4v) is 2.16. The maximum Gasteiger partial charge on any atom is 0.124 e. The predicted octanol–water partition coefficient (Wildman–Crippen LogP) is 2.51. The molecule has 0 spiro atoms. The van der Waals surface area contributed by atoms with Gasteiger partial charge in [0.05, 0.1) is 11.1 Å². The molecule has 1 fully saturated rings. The van der Waals surface area contributed by atoms with Crippen molar-refractivity contribution in [2.45, 2.75) is 18.9 Å². The second-order valence-electron chi connectivity index (χ2n) is 3.44. The lowest BCUT2D eigenvalue weighted by Gasteiger charge is -2.19. The van der Waals surface area contributed by atoms with Crippen molar-refractivity contribution in [2.75, 3.05) is 6.54 Å². The van der Waals surface area contributed by atoms with Gasteiger partial charge in [-0.05, 0) is 40.4 Å². The van der Waals surface area contributed by atoms with Gasteiger partial charge in [-0.3, -0.25) is 5.84 Å². The van der Waals surface area contributed by atoms with Gasteiger partial charge in [0.15, 0.2) is 0 Å². The topological polar surface area (TPSA) is 42.1 Å². The summed E-state index contributed by atoms with van der Waals surface area (Å²) in [7, 11) is 0. The lowest BCUT2D eigenvalue weighted by Crippen LogP contribution is -2.30. The van der Waals surface area contributed by atoms with Gasteiger partial charge in [-0.15, -0.1) is 0 Å². The molecule has 1 atom stereocenters. The molecule has 0 bridgehead atoms. The molecule has 0 aliphatic carbocycles. The zero-order chi connectivity index (χ0) is 10.1. The van der Waals surface area contributed by atoms with Crippen LogP contribution in [0.3, 0.4) is 0 Å². The Kier molecular flexibility index (Phi) is 3.07. The minimum atomic E-state index is 0.271. The van der Waals surface area contributed by atoms with Crippen LogP contribution in [-0.2, 0) is 0 Å². The summed E-state index contributed by atoms with van der Waals surface area (Å²) in [5, 5.41) is 2.49. The Morgan fingerprint density at radius 3 is 3.00 bits per heavy atom. The van der Waals surface area contributed by atoms with E-state index in [1.165, 1.54) is 0 Å². The number of nitrogens with two attached hydrogens (primary N) is 1. The Labute approximate surface area is 96.3 Å². The van der Waals surface area contributed by atoms with Gasteiger partial charge in [-0.1, -0.05) is 11.6 Å². The highest BCUT2D eigenvalue weighted by Gasteiger charge is 2.23. The van der Waals surface area contributed by atoms with Crippen molar-refractivity contribution in [3.8, 4) is 0 Å². The van der Waals surface area contributed by atoms with E-state index in [0.29, 0.717) is 9.63 Å². The van der Waals surface area contributed by atoms with Crippen molar-refractivity contribution in [1.82, 2.24) is 9.99 Å². The Bertz CT molecular complexity index is 345. The van der Waals surface area contributed by atoms with Crippen LogP contribution in [0, 0.1) is 0 Å². The number of hydrogen-bond donors (Lipinski definition) is 1. The maximum atomic E-state index is 5.97. The summed E-state index contributed by atoms with van der Waals surface area (Å²) in [6, 6.07) is 2.20. The maximum absolute atomic E-state index is 5.97. The molecule has 0 unspecified atom stereocenters. The third-order valence-electron chi connectivity index (χ3n) is 2.50. The van der Waals surface area contributed by atoms with E-state index in [1.54, 1.807) is 0 Å². The van der Waals surface area contributed by atoms with E-state index in [4.69, 9.17) is 17.4 Å². The smallest absolute Gasteiger partial charge is 0.124 e. The number of nitrogens with zero attached hydrogens (tertiary/aromatic N) is 2. The van der Waals surface area contributed by atoms with Crippen molar-refractivity contribution in [3.63, 3.8) is 0 Å². The molecule has 1 saturated heterocycles. The van der Waals surface area contributed by atoms with E-state index < -0.39 is 0 Å². The molecule has 0 saturated carbocycles. The molecule has 76 valence electrons. The molecule has 14 heavy (non-hydrogen) atoms. The van der Waals surface area contributed by atoms with Crippen LogP contribution in [0.4, 0.5) is 0 Å². The molecule has 2 heterocycles. The SMILES string of the molecule is NN1CCC[C@@H]1c1cnc(Br)c(Cl)c1. The molecule has 2 N–H and O–H groups in total. The summed E-state index contributed by atoms with van der Waals surface area (Å²) < 4.78 is 0.685. The zero-order valence-electron chi connectivity index (χ0n) is 7.58. The predicted molar refractivity (Wildman–Crippen MR) is 59.8 cm³/mol. The first kappa shape index (κ1) is 10.4. The van der Waals surface area contributed by atoms with E-state index in [-0.39, 0.29) is 6.04 Å². The molecule has 1 aromatic rings. The third-order valence-corrected chi connectivity index (χ3v) is 3.64. The highest BCUT2D eigenvalue weighted by molar-refractivity contribution is 9.10. The van der Waals surface area contributed by atoms with Crippen LogP contribution in [0.5, 0.6) is 0 Å². The van der Waals surface area contributed by atoms with E-state index in [0.717, 1.165) is 24.9 Å². The minimum absolute atomic E-state index is 0.271.